The summed E-state index contributed by atoms with van der Waals surface area (Å²) in [6.07, 6.45) is 0.553. The van der Waals surface area contributed by atoms with Gasteiger partial charge in [-0.2, -0.15) is 0 Å². The molecule has 2 aliphatic rings. The van der Waals surface area contributed by atoms with E-state index in [1.807, 2.05) is 38.1 Å². The fourth-order valence-corrected chi connectivity index (χ4v) is 3.96. The van der Waals surface area contributed by atoms with Crippen molar-refractivity contribution < 1.29 is 24.4 Å². The Morgan fingerprint density at radius 2 is 1.14 bits per heavy atom. The smallest absolute Gasteiger partial charge is 0.134 e. The number of rotatable bonds is 4. The summed E-state index contributed by atoms with van der Waals surface area (Å²) < 4.78 is 18.5. The molecule has 5 heteroatoms. The topological polar surface area (TPSA) is 68.2 Å². The molecule has 4 rings (SSSR count). The molecule has 2 N–H and O–H groups in total. The molecule has 0 aliphatic carbocycles. The third-order valence-corrected chi connectivity index (χ3v) is 5.74. The predicted octanol–water partition coefficient (Wildman–Crippen LogP) is 4.24. The zero-order valence-corrected chi connectivity index (χ0v) is 18.0. The number of hydrogen-bond donors (Lipinski definition) is 2. The first kappa shape index (κ1) is 20.0. The molecular formula is C24H30O5. The average Bonchev–Trinajstić information content (AvgIpc) is 3.17. The van der Waals surface area contributed by atoms with Crippen molar-refractivity contribution in [1.29, 1.82) is 0 Å². The second-order valence-corrected chi connectivity index (χ2v) is 9.51. The van der Waals surface area contributed by atoms with Gasteiger partial charge in [0, 0.05) is 24.0 Å². The number of ether oxygens (including phenoxy) is 3. The number of benzene rings is 2. The Hall–Kier alpha value is -2.24. The minimum absolute atomic E-state index is 0.312. The maximum atomic E-state index is 10.4. The molecule has 0 bridgehead atoms. The maximum Gasteiger partial charge on any atom is 0.134 e. The second kappa shape index (κ2) is 6.64. The van der Waals surface area contributed by atoms with Gasteiger partial charge in [-0.3, -0.25) is 0 Å². The molecule has 0 saturated heterocycles. The lowest BCUT2D eigenvalue weighted by Crippen LogP contribution is -2.39. The van der Waals surface area contributed by atoms with Gasteiger partial charge in [-0.25, -0.2) is 0 Å². The van der Waals surface area contributed by atoms with E-state index in [0.717, 1.165) is 45.3 Å². The van der Waals surface area contributed by atoms with Crippen LogP contribution in [0.1, 0.15) is 49.9 Å². The van der Waals surface area contributed by atoms with E-state index in [1.54, 1.807) is 27.7 Å². The Kier molecular flexibility index (Phi) is 4.59. The van der Waals surface area contributed by atoms with E-state index in [-0.39, 0.29) is 12.2 Å². The third-order valence-electron chi connectivity index (χ3n) is 5.74. The first-order valence-electron chi connectivity index (χ1n) is 10.1. The molecule has 0 fully saturated rings. The van der Waals surface area contributed by atoms with E-state index >= 15 is 0 Å². The molecule has 0 radical (unpaired) electrons. The first-order chi connectivity index (χ1) is 13.4. The highest BCUT2D eigenvalue weighted by atomic mass is 16.5. The standard InChI is InChI=1S/C24H30O5/c1-13-7-17(15-11-21(23(3,4)25)28-19(15)9-13)27-18-8-14(2)10-20-16(18)12-22(29-20)24(5,6)26/h7-10,21-22,25-26H,11-12H2,1-6H3. The van der Waals surface area contributed by atoms with Gasteiger partial charge < -0.3 is 24.4 Å². The molecule has 2 aromatic carbocycles. The van der Waals surface area contributed by atoms with Gasteiger partial charge in [0.2, 0.25) is 0 Å². The van der Waals surface area contributed by atoms with Crippen LogP contribution in [0.25, 0.3) is 0 Å². The summed E-state index contributed by atoms with van der Waals surface area (Å²) in [4.78, 5) is 0. The lowest BCUT2D eigenvalue weighted by Gasteiger charge is -2.24. The van der Waals surface area contributed by atoms with Crippen molar-refractivity contribution in [1.82, 2.24) is 0 Å². The number of aryl methyl sites for hydroxylation is 2. The molecule has 29 heavy (non-hydrogen) atoms. The quantitative estimate of drug-likeness (QED) is 0.806. The summed E-state index contributed by atoms with van der Waals surface area (Å²) in [6.45, 7) is 11.1. The van der Waals surface area contributed by atoms with Crippen molar-refractivity contribution >= 4 is 0 Å². The van der Waals surface area contributed by atoms with Crippen molar-refractivity contribution in [3.8, 4) is 23.0 Å². The lowest BCUT2D eigenvalue weighted by atomic mass is 9.96. The summed E-state index contributed by atoms with van der Waals surface area (Å²) in [5.41, 5.74) is 2.12. The Bertz CT molecular complexity index is 872. The number of hydrogen-bond acceptors (Lipinski definition) is 5. The van der Waals surface area contributed by atoms with Crippen molar-refractivity contribution in [2.45, 2.75) is 77.8 Å². The monoisotopic (exact) mass is 398 g/mol. The highest BCUT2D eigenvalue weighted by Gasteiger charge is 2.38. The molecular weight excluding hydrogens is 368 g/mol. The Morgan fingerprint density at radius 1 is 0.759 bits per heavy atom. The van der Waals surface area contributed by atoms with Gasteiger partial charge in [-0.05, 0) is 76.9 Å². The van der Waals surface area contributed by atoms with Crippen LogP contribution in [-0.2, 0) is 12.8 Å². The van der Waals surface area contributed by atoms with Crippen molar-refractivity contribution in [2.24, 2.45) is 0 Å². The zero-order valence-electron chi connectivity index (χ0n) is 18.0. The summed E-state index contributed by atoms with van der Waals surface area (Å²) in [5, 5.41) is 20.8. The molecule has 0 amide bonds. The minimum atomic E-state index is -0.942. The molecule has 0 saturated carbocycles. The van der Waals surface area contributed by atoms with Gasteiger partial charge in [0.25, 0.3) is 0 Å². The minimum Gasteiger partial charge on any atom is -0.487 e. The first-order valence-corrected chi connectivity index (χ1v) is 10.1. The van der Waals surface area contributed by atoms with Gasteiger partial charge in [0.1, 0.15) is 35.2 Å². The zero-order chi connectivity index (χ0) is 21.1. The SMILES string of the molecule is Cc1cc(Oc2cc(C)cc3c2CC(C(C)(C)O)O3)c2c(c1)OC(C(C)(C)O)C2. The van der Waals surface area contributed by atoms with Crippen LogP contribution >= 0.6 is 0 Å². The van der Waals surface area contributed by atoms with Crippen LogP contribution in [0, 0.1) is 13.8 Å². The van der Waals surface area contributed by atoms with E-state index in [2.05, 4.69) is 0 Å². The summed E-state index contributed by atoms with van der Waals surface area (Å²) in [5.74, 6) is 3.02. The van der Waals surface area contributed by atoms with Crippen LogP contribution in [-0.4, -0.2) is 33.6 Å². The Labute approximate surface area is 172 Å². The molecule has 2 aromatic rings. The van der Waals surface area contributed by atoms with Crippen molar-refractivity contribution in [3.05, 3.63) is 46.5 Å². The van der Waals surface area contributed by atoms with Crippen molar-refractivity contribution in [2.75, 3.05) is 0 Å². The van der Waals surface area contributed by atoms with E-state index in [1.165, 1.54) is 0 Å². The molecule has 0 spiro atoms. The molecule has 2 aliphatic heterocycles. The van der Waals surface area contributed by atoms with Gasteiger partial charge in [-0.1, -0.05) is 0 Å². The van der Waals surface area contributed by atoms with Gasteiger partial charge in [-0.15, -0.1) is 0 Å². The maximum absolute atomic E-state index is 10.4. The normalized spacial score (nSPS) is 20.7. The van der Waals surface area contributed by atoms with E-state index in [0.29, 0.717) is 12.8 Å². The van der Waals surface area contributed by atoms with Gasteiger partial charge in [0.05, 0.1) is 11.2 Å². The lowest BCUT2D eigenvalue weighted by molar-refractivity contribution is -0.0231. The highest BCUT2D eigenvalue weighted by molar-refractivity contribution is 5.56. The molecule has 2 atom stereocenters. The van der Waals surface area contributed by atoms with Crippen LogP contribution < -0.4 is 14.2 Å². The Balaban J connectivity index is 1.70. The number of fused-ring (bicyclic) bond motifs is 2. The van der Waals surface area contributed by atoms with Crippen LogP contribution in [0.3, 0.4) is 0 Å². The molecule has 2 unspecified atom stereocenters. The average molecular weight is 398 g/mol. The Morgan fingerprint density at radius 3 is 1.48 bits per heavy atom. The molecule has 2 heterocycles. The fraction of sp³-hybridized carbons (Fsp3) is 0.500. The summed E-state index contributed by atoms with van der Waals surface area (Å²) >= 11 is 0. The van der Waals surface area contributed by atoms with E-state index in [4.69, 9.17) is 14.2 Å². The number of aliphatic hydroxyl groups is 2. The third kappa shape index (κ3) is 3.81. The van der Waals surface area contributed by atoms with E-state index in [9.17, 15) is 10.2 Å². The van der Waals surface area contributed by atoms with Crippen LogP contribution in [0.15, 0.2) is 24.3 Å². The summed E-state index contributed by atoms with van der Waals surface area (Å²) in [6, 6.07) is 7.99. The fourth-order valence-electron chi connectivity index (χ4n) is 3.96. The van der Waals surface area contributed by atoms with Crippen molar-refractivity contribution in [3.63, 3.8) is 0 Å². The molecule has 5 nitrogen and oxygen atoms in total. The van der Waals surface area contributed by atoms with Crippen LogP contribution in [0.2, 0.25) is 0 Å². The molecule has 156 valence electrons. The van der Waals surface area contributed by atoms with Crippen LogP contribution in [0.4, 0.5) is 0 Å². The van der Waals surface area contributed by atoms with E-state index < -0.39 is 11.2 Å². The largest absolute Gasteiger partial charge is 0.487 e. The summed E-state index contributed by atoms with van der Waals surface area (Å²) in [7, 11) is 0. The van der Waals surface area contributed by atoms with Gasteiger partial charge in [0.15, 0.2) is 0 Å². The van der Waals surface area contributed by atoms with Crippen LogP contribution in [0.5, 0.6) is 23.0 Å². The van der Waals surface area contributed by atoms with Gasteiger partial charge >= 0.3 is 0 Å². The predicted molar refractivity (Wildman–Crippen MR) is 111 cm³/mol. The molecule has 0 aromatic heterocycles. The second-order valence-electron chi connectivity index (χ2n) is 9.51. The highest BCUT2D eigenvalue weighted by Crippen LogP contribution is 2.45.